The summed E-state index contributed by atoms with van der Waals surface area (Å²) in [5.41, 5.74) is 29.5. The Kier molecular flexibility index (Phi) is 10.8. The number of rotatable bonds is 3. The van der Waals surface area contributed by atoms with Gasteiger partial charge in [0, 0.05) is 54.3 Å². The second-order valence-electron chi connectivity index (χ2n) is 29.9. The molecule has 7 aromatic carbocycles. The summed E-state index contributed by atoms with van der Waals surface area (Å²) < 4.78 is 2.74. The lowest BCUT2D eigenvalue weighted by Gasteiger charge is -2.48. The average Bonchev–Trinajstić information content (AvgIpc) is 3.87. The Morgan fingerprint density at radius 1 is 0.416 bits per heavy atom. The predicted octanol–water partition coefficient (Wildman–Crippen LogP) is 19.1. The van der Waals surface area contributed by atoms with Gasteiger partial charge in [0.1, 0.15) is 0 Å². The summed E-state index contributed by atoms with van der Waals surface area (Å²) in [5.74, 6) is 0. The number of hydrogen-bond donors (Lipinski definition) is 0. The Morgan fingerprint density at radius 3 is 1.48 bits per heavy atom. The zero-order chi connectivity index (χ0) is 54.6. The second kappa shape index (κ2) is 16.3. The fourth-order valence-corrected chi connectivity index (χ4v) is 16.6. The van der Waals surface area contributed by atoms with Crippen LogP contribution in [0.4, 0.5) is 34.1 Å². The molecule has 0 spiro atoms. The van der Waals surface area contributed by atoms with Crippen LogP contribution in [0, 0.1) is 20.8 Å². The first-order valence-corrected chi connectivity index (χ1v) is 30.1. The van der Waals surface area contributed by atoms with Gasteiger partial charge in [0.15, 0.2) is 0 Å². The maximum atomic E-state index is 2.77. The number of benzene rings is 7. The van der Waals surface area contributed by atoms with Crippen molar-refractivity contribution < 1.29 is 0 Å². The quantitative estimate of drug-likeness (QED) is 0.163. The third kappa shape index (κ3) is 7.52. The van der Waals surface area contributed by atoms with Crippen LogP contribution < -0.4 is 26.2 Å². The topological polar surface area (TPSA) is 6.48 Å². The molecule has 0 radical (unpaired) electrons. The van der Waals surface area contributed by atoms with Crippen LogP contribution in [0.5, 0.6) is 0 Å². The van der Waals surface area contributed by atoms with Crippen molar-refractivity contribution in [2.24, 2.45) is 0 Å². The van der Waals surface area contributed by atoms with Gasteiger partial charge in [-0.25, -0.2) is 0 Å². The highest BCUT2D eigenvalue weighted by molar-refractivity contribution is 7.26. The zero-order valence-electron chi connectivity index (χ0n) is 49.9. The Morgan fingerprint density at radius 2 is 0.896 bits per heavy atom. The lowest BCUT2D eigenvalue weighted by atomic mass is 9.33. The fourth-order valence-electron chi connectivity index (χ4n) is 15.4. The minimum absolute atomic E-state index is 0.00304. The van der Waals surface area contributed by atoms with Crippen LogP contribution in [0.15, 0.2) is 103 Å². The predicted molar refractivity (Wildman–Crippen MR) is 338 cm³/mol. The van der Waals surface area contributed by atoms with E-state index in [-0.39, 0.29) is 44.6 Å². The molecule has 0 unspecified atom stereocenters. The van der Waals surface area contributed by atoms with Gasteiger partial charge in [-0.1, -0.05) is 152 Å². The largest absolute Gasteiger partial charge is 0.311 e. The van der Waals surface area contributed by atoms with Crippen LogP contribution in [0.2, 0.25) is 0 Å². The van der Waals surface area contributed by atoms with Gasteiger partial charge in [-0.05, 0) is 235 Å². The summed E-state index contributed by atoms with van der Waals surface area (Å²) in [4.78, 5) is 5.53. The van der Waals surface area contributed by atoms with Crippen molar-refractivity contribution in [2.75, 3.05) is 9.80 Å². The molecule has 77 heavy (non-hydrogen) atoms. The maximum absolute atomic E-state index is 2.77. The first kappa shape index (κ1) is 50.9. The second-order valence-corrected chi connectivity index (χ2v) is 31.0. The molecule has 0 amide bonds. The molecule has 0 saturated carbocycles. The van der Waals surface area contributed by atoms with Crippen LogP contribution >= 0.6 is 11.3 Å². The standard InChI is InChI=1S/C73H83BN2S/c1-42-20-19-21-43(2)65(42)45-33-61-66-62(34-45)76(58-39-54-51(32-44(58)3)69(9,10)28-30-72(54,15)16)59-37-49-48-24-22-46(67(4,5)6)35-63(48)77-64(49)41-57(59)74(66)56-38-53-55(73(17,18)31-29-71(53,13)14)40-60(56)75(61)47-23-25-50-52(36-47)70(11,12)27-26-68(50,7)8/h19-25,32-41H,26-31H2,1-18H3. The van der Waals surface area contributed by atoms with E-state index >= 15 is 0 Å². The molecule has 1 aromatic heterocycles. The highest BCUT2D eigenvalue weighted by atomic mass is 32.1. The molecule has 0 saturated heterocycles. The van der Waals surface area contributed by atoms with Crippen LogP contribution in [0.3, 0.4) is 0 Å². The molecule has 3 aliphatic carbocycles. The van der Waals surface area contributed by atoms with E-state index in [1.165, 1.54) is 176 Å². The van der Waals surface area contributed by atoms with Crippen molar-refractivity contribution >= 4 is 88.7 Å². The summed E-state index contributed by atoms with van der Waals surface area (Å²) in [6, 6.07) is 43.1. The van der Waals surface area contributed by atoms with Gasteiger partial charge in [0.05, 0.1) is 0 Å². The number of fused-ring (bicyclic) bond motifs is 10. The lowest BCUT2D eigenvalue weighted by molar-refractivity contribution is 0.332. The number of thiophene rings is 1. The van der Waals surface area contributed by atoms with E-state index in [0.717, 1.165) is 0 Å². The Balaban J connectivity index is 1.21. The van der Waals surface area contributed by atoms with Gasteiger partial charge in [-0.3, -0.25) is 0 Å². The van der Waals surface area contributed by atoms with Crippen LogP contribution in [0.1, 0.15) is 198 Å². The van der Waals surface area contributed by atoms with Crippen LogP contribution in [0.25, 0.3) is 31.3 Å². The van der Waals surface area contributed by atoms with Crippen molar-refractivity contribution in [3.05, 3.63) is 159 Å². The zero-order valence-corrected chi connectivity index (χ0v) is 50.8. The van der Waals surface area contributed by atoms with Gasteiger partial charge in [0.25, 0.3) is 6.71 Å². The average molecular weight is 1030 g/mol. The molecule has 0 atom stereocenters. The van der Waals surface area contributed by atoms with Crippen molar-refractivity contribution in [2.45, 2.75) is 201 Å². The van der Waals surface area contributed by atoms with Gasteiger partial charge < -0.3 is 9.80 Å². The first-order valence-electron chi connectivity index (χ1n) is 29.3. The Labute approximate surface area is 466 Å². The van der Waals surface area contributed by atoms with Crippen molar-refractivity contribution in [3.8, 4) is 11.1 Å². The first-order chi connectivity index (χ1) is 36.0. The summed E-state index contributed by atoms with van der Waals surface area (Å²) in [5, 5.41) is 2.71. The third-order valence-electron chi connectivity index (χ3n) is 20.8. The minimum atomic E-state index is -0.00304. The highest BCUT2D eigenvalue weighted by Crippen LogP contribution is 2.56. The van der Waals surface area contributed by atoms with E-state index in [0.29, 0.717) is 0 Å². The van der Waals surface area contributed by atoms with Gasteiger partial charge in [-0.15, -0.1) is 11.3 Å². The summed E-state index contributed by atoms with van der Waals surface area (Å²) >= 11 is 1.99. The van der Waals surface area contributed by atoms with E-state index in [2.05, 4.69) is 238 Å². The number of nitrogens with zero attached hydrogens (tertiary/aromatic N) is 2. The normalized spacial score (nSPS) is 19.8. The number of hydrogen-bond acceptors (Lipinski definition) is 3. The van der Waals surface area contributed by atoms with E-state index in [1.807, 2.05) is 11.3 Å². The van der Waals surface area contributed by atoms with E-state index < -0.39 is 0 Å². The van der Waals surface area contributed by atoms with Crippen molar-refractivity contribution in [1.29, 1.82) is 0 Å². The Bertz CT molecular complexity index is 3840. The fraction of sp³-hybridized carbons (Fsp3) is 0.425. The maximum Gasteiger partial charge on any atom is 0.252 e. The monoisotopic (exact) mass is 1030 g/mol. The molecule has 2 aliphatic heterocycles. The molecule has 5 aliphatic rings. The van der Waals surface area contributed by atoms with Gasteiger partial charge in [0.2, 0.25) is 0 Å². The van der Waals surface area contributed by atoms with Crippen LogP contribution in [-0.4, -0.2) is 6.71 Å². The molecule has 4 heteroatoms. The number of anilines is 6. The van der Waals surface area contributed by atoms with Crippen LogP contribution in [-0.2, 0) is 37.9 Å². The lowest BCUT2D eigenvalue weighted by Crippen LogP contribution is -2.62. The van der Waals surface area contributed by atoms with Crippen molar-refractivity contribution in [1.82, 2.24) is 0 Å². The molecular weight excluding hydrogens is 948 g/mol. The molecule has 394 valence electrons. The van der Waals surface area contributed by atoms with E-state index in [4.69, 9.17) is 0 Å². The molecule has 8 aromatic rings. The van der Waals surface area contributed by atoms with Gasteiger partial charge in [-0.2, -0.15) is 0 Å². The number of aryl methyl sites for hydroxylation is 3. The van der Waals surface area contributed by atoms with E-state index in [1.54, 1.807) is 0 Å². The minimum Gasteiger partial charge on any atom is -0.311 e. The summed E-state index contributed by atoms with van der Waals surface area (Å²) in [6.45, 7) is 44.0. The smallest absolute Gasteiger partial charge is 0.252 e. The SMILES string of the molecule is Cc1cc2c(cc1N1c3cc4c(cc3B3c5cc6c(cc5N(c5ccc7c(c5)C(C)(C)CCC7(C)C)c5cc(-c7c(C)cccc7C)cc1c53)C(C)(C)CCC6(C)C)sc1cc(C(C)(C)C)ccc14)C(C)(C)CCC2(C)C. The summed E-state index contributed by atoms with van der Waals surface area (Å²) in [6.07, 6.45) is 7.07. The van der Waals surface area contributed by atoms with Gasteiger partial charge >= 0.3 is 0 Å². The summed E-state index contributed by atoms with van der Waals surface area (Å²) in [7, 11) is 0. The molecule has 13 rings (SSSR count). The third-order valence-corrected chi connectivity index (χ3v) is 21.9. The van der Waals surface area contributed by atoms with Crippen molar-refractivity contribution in [3.63, 3.8) is 0 Å². The molecule has 3 heterocycles. The molecule has 0 bridgehead atoms. The molecule has 2 nitrogen and oxygen atoms in total. The van der Waals surface area contributed by atoms with E-state index in [9.17, 15) is 0 Å². The molecule has 0 N–H and O–H groups in total. The Hall–Kier alpha value is -5.58. The highest BCUT2D eigenvalue weighted by Gasteiger charge is 2.49. The molecular formula is C73H83BN2S. The molecule has 0 fully saturated rings.